The molecule has 0 radical (unpaired) electrons. The molecule has 1 nitrogen and oxygen atoms in total. The number of hydrogen-bond donors (Lipinski definition) is 1. The first-order valence-electron chi connectivity index (χ1n) is 6.94. The maximum Gasteiger partial charge on any atom is 0.00675 e. The lowest BCUT2D eigenvalue weighted by molar-refractivity contribution is 0.312. The van der Waals surface area contributed by atoms with E-state index < -0.39 is 0 Å². The Bertz CT molecular complexity index is 174. The third-order valence-electron chi connectivity index (χ3n) is 3.87. The molecule has 0 saturated heterocycles. The third-order valence-corrected chi connectivity index (χ3v) is 5.38. The van der Waals surface area contributed by atoms with Crippen molar-refractivity contribution in [2.45, 2.75) is 64.7 Å². The lowest BCUT2D eigenvalue weighted by Crippen LogP contribution is -2.34. The maximum atomic E-state index is 3.72. The molecule has 0 aromatic rings. The fourth-order valence-electron chi connectivity index (χ4n) is 2.16. The van der Waals surface area contributed by atoms with E-state index in [1.807, 2.05) is 0 Å². The van der Waals surface area contributed by atoms with Gasteiger partial charge < -0.3 is 5.32 Å². The summed E-state index contributed by atoms with van der Waals surface area (Å²) in [6, 6.07) is 0.811. The second-order valence-electron chi connectivity index (χ2n) is 5.73. The number of nitrogens with one attached hydrogen (secondary N) is 1. The van der Waals surface area contributed by atoms with Gasteiger partial charge in [-0.15, -0.1) is 0 Å². The standard InChI is InChI=1S/C14H29NS/c1-11(2)13(4)16-10-9-15-14-7-5-12(3)6-8-14/h11-15H,5-10H2,1-4H3. The Balaban J connectivity index is 1.99. The molecule has 0 aromatic heterocycles. The molecule has 1 aliphatic carbocycles. The summed E-state index contributed by atoms with van der Waals surface area (Å²) in [4.78, 5) is 0. The third kappa shape index (κ3) is 5.58. The van der Waals surface area contributed by atoms with Gasteiger partial charge in [0.25, 0.3) is 0 Å². The van der Waals surface area contributed by atoms with Crippen LogP contribution < -0.4 is 5.32 Å². The predicted octanol–water partition coefficient (Wildman–Crippen LogP) is 3.93. The van der Waals surface area contributed by atoms with E-state index in [1.165, 1.54) is 38.0 Å². The summed E-state index contributed by atoms with van der Waals surface area (Å²) in [6.07, 6.45) is 5.64. The zero-order valence-electron chi connectivity index (χ0n) is 11.5. The molecule has 2 heteroatoms. The lowest BCUT2D eigenvalue weighted by Gasteiger charge is -2.27. The Kier molecular flexibility index (Phi) is 6.83. The highest BCUT2D eigenvalue weighted by molar-refractivity contribution is 7.99. The second-order valence-corrected chi connectivity index (χ2v) is 7.22. The normalized spacial score (nSPS) is 28.3. The Morgan fingerprint density at radius 1 is 1.12 bits per heavy atom. The van der Waals surface area contributed by atoms with Gasteiger partial charge in [-0.3, -0.25) is 0 Å². The van der Waals surface area contributed by atoms with Crippen LogP contribution in [0.25, 0.3) is 0 Å². The van der Waals surface area contributed by atoms with Crippen molar-refractivity contribution in [3.05, 3.63) is 0 Å². The molecule has 1 aliphatic rings. The summed E-state index contributed by atoms with van der Waals surface area (Å²) in [5.41, 5.74) is 0. The van der Waals surface area contributed by atoms with Gasteiger partial charge in [-0.2, -0.15) is 11.8 Å². The largest absolute Gasteiger partial charge is 0.313 e. The van der Waals surface area contributed by atoms with Crippen molar-refractivity contribution in [2.75, 3.05) is 12.3 Å². The highest BCUT2D eigenvalue weighted by atomic mass is 32.2. The van der Waals surface area contributed by atoms with Crippen molar-refractivity contribution in [1.29, 1.82) is 0 Å². The van der Waals surface area contributed by atoms with E-state index in [1.54, 1.807) is 0 Å². The molecule has 1 N–H and O–H groups in total. The first kappa shape index (κ1) is 14.4. The van der Waals surface area contributed by atoms with Gasteiger partial charge in [0.2, 0.25) is 0 Å². The van der Waals surface area contributed by atoms with Crippen molar-refractivity contribution in [1.82, 2.24) is 5.32 Å². The van der Waals surface area contributed by atoms with Crippen LogP contribution >= 0.6 is 11.8 Å². The molecule has 16 heavy (non-hydrogen) atoms. The van der Waals surface area contributed by atoms with E-state index in [0.29, 0.717) is 0 Å². The molecular formula is C14H29NS. The van der Waals surface area contributed by atoms with E-state index in [4.69, 9.17) is 0 Å². The smallest absolute Gasteiger partial charge is 0.00675 e. The molecule has 0 spiro atoms. The molecule has 1 saturated carbocycles. The zero-order valence-corrected chi connectivity index (χ0v) is 12.3. The number of thioether (sulfide) groups is 1. The molecule has 0 heterocycles. The van der Waals surface area contributed by atoms with Crippen molar-refractivity contribution in [3.63, 3.8) is 0 Å². The minimum absolute atomic E-state index is 0.799. The second kappa shape index (κ2) is 7.60. The summed E-state index contributed by atoms with van der Waals surface area (Å²) in [7, 11) is 0. The van der Waals surface area contributed by atoms with E-state index >= 15 is 0 Å². The van der Waals surface area contributed by atoms with Crippen molar-refractivity contribution < 1.29 is 0 Å². The zero-order chi connectivity index (χ0) is 12.0. The molecule has 0 amide bonds. The number of rotatable bonds is 6. The van der Waals surface area contributed by atoms with Crippen LogP contribution in [0.5, 0.6) is 0 Å². The van der Waals surface area contributed by atoms with E-state index in [2.05, 4.69) is 44.8 Å². The minimum atomic E-state index is 0.799. The maximum absolute atomic E-state index is 3.72. The summed E-state index contributed by atoms with van der Waals surface area (Å²) in [5, 5.41) is 4.51. The van der Waals surface area contributed by atoms with Gasteiger partial charge in [0.1, 0.15) is 0 Å². The topological polar surface area (TPSA) is 12.0 Å². The van der Waals surface area contributed by atoms with Gasteiger partial charge in [0, 0.05) is 23.6 Å². The van der Waals surface area contributed by atoms with Gasteiger partial charge in [-0.25, -0.2) is 0 Å². The van der Waals surface area contributed by atoms with Gasteiger partial charge >= 0.3 is 0 Å². The molecule has 0 aliphatic heterocycles. The van der Waals surface area contributed by atoms with Crippen LogP contribution in [-0.4, -0.2) is 23.6 Å². The molecule has 1 atom stereocenters. The van der Waals surface area contributed by atoms with Crippen LogP contribution in [0.4, 0.5) is 0 Å². The first-order chi connectivity index (χ1) is 7.59. The van der Waals surface area contributed by atoms with Gasteiger partial charge in [-0.05, 0) is 37.5 Å². The van der Waals surface area contributed by atoms with E-state index in [9.17, 15) is 0 Å². The van der Waals surface area contributed by atoms with Gasteiger partial charge in [0.05, 0.1) is 0 Å². The number of hydrogen-bond acceptors (Lipinski definition) is 2. The summed E-state index contributed by atoms with van der Waals surface area (Å²) in [6.45, 7) is 10.6. The molecule has 0 bridgehead atoms. The Hall–Kier alpha value is 0.310. The quantitative estimate of drug-likeness (QED) is 0.709. The fourth-order valence-corrected chi connectivity index (χ4v) is 3.16. The lowest BCUT2D eigenvalue weighted by atomic mass is 9.87. The SMILES string of the molecule is CC1CCC(NCCSC(C)C(C)C)CC1. The molecule has 1 unspecified atom stereocenters. The van der Waals surface area contributed by atoms with Gasteiger partial charge in [0.15, 0.2) is 0 Å². The Morgan fingerprint density at radius 2 is 1.75 bits per heavy atom. The van der Waals surface area contributed by atoms with Crippen LogP contribution in [0.3, 0.4) is 0 Å². The molecular weight excluding hydrogens is 214 g/mol. The Morgan fingerprint density at radius 3 is 2.31 bits per heavy atom. The molecule has 0 aromatic carbocycles. The minimum Gasteiger partial charge on any atom is -0.313 e. The van der Waals surface area contributed by atoms with Gasteiger partial charge in [-0.1, -0.05) is 27.7 Å². The Labute approximate surface area is 106 Å². The van der Waals surface area contributed by atoms with Crippen LogP contribution in [0, 0.1) is 11.8 Å². The first-order valence-corrected chi connectivity index (χ1v) is 7.99. The average molecular weight is 243 g/mol. The van der Waals surface area contributed by atoms with Crippen LogP contribution in [0.2, 0.25) is 0 Å². The van der Waals surface area contributed by atoms with Crippen LogP contribution in [0.1, 0.15) is 53.4 Å². The van der Waals surface area contributed by atoms with Crippen LogP contribution in [0.15, 0.2) is 0 Å². The highest BCUT2D eigenvalue weighted by Crippen LogP contribution is 2.23. The summed E-state index contributed by atoms with van der Waals surface area (Å²) < 4.78 is 0. The van der Waals surface area contributed by atoms with E-state index in [0.717, 1.165) is 23.1 Å². The molecule has 1 rings (SSSR count). The van der Waals surface area contributed by atoms with Crippen LogP contribution in [-0.2, 0) is 0 Å². The molecule has 96 valence electrons. The average Bonchev–Trinajstić information content (AvgIpc) is 2.26. The predicted molar refractivity (Wildman–Crippen MR) is 76.2 cm³/mol. The highest BCUT2D eigenvalue weighted by Gasteiger charge is 2.17. The summed E-state index contributed by atoms with van der Waals surface area (Å²) in [5.74, 6) is 3.04. The monoisotopic (exact) mass is 243 g/mol. The van der Waals surface area contributed by atoms with Crippen molar-refractivity contribution in [2.24, 2.45) is 11.8 Å². The molecule has 1 fully saturated rings. The van der Waals surface area contributed by atoms with E-state index in [-0.39, 0.29) is 0 Å². The fraction of sp³-hybridized carbons (Fsp3) is 1.00. The summed E-state index contributed by atoms with van der Waals surface area (Å²) >= 11 is 2.11. The van der Waals surface area contributed by atoms with Crippen molar-refractivity contribution in [3.8, 4) is 0 Å². The van der Waals surface area contributed by atoms with Crippen molar-refractivity contribution >= 4 is 11.8 Å².